The van der Waals surface area contributed by atoms with Crippen molar-refractivity contribution < 1.29 is 22.4 Å². The van der Waals surface area contributed by atoms with E-state index < -0.39 is 12.2 Å². The molecule has 2 rings (SSSR count). The van der Waals surface area contributed by atoms with Crippen molar-refractivity contribution in [2.24, 2.45) is 4.99 Å². The fourth-order valence-electron chi connectivity index (χ4n) is 2.68. The van der Waals surface area contributed by atoms with Gasteiger partial charge in [-0.05, 0) is 19.1 Å². The average molecular weight is 503 g/mol. The van der Waals surface area contributed by atoms with Crippen molar-refractivity contribution in [1.29, 1.82) is 0 Å². The van der Waals surface area contributed by atoms with Crippen molar-refractivity contribution in [3.05, 3.63) is 24.2 Å². The van der Waals surface area contributed by atoms with Gasteiger partial charge in [0.15, 0.2) is 5.96 Å². The van der Waals surface area contributed by atoms with E-state index in [0.29, 0.717) is 31.4 Å². The molecule has 1 aromatic rings. The molecule has 1 atom stereocenters. The van der Waals surface area contributed by atoms with Gasteiger partial charge in [0.25, 0.3) is 0 Å². The van der Waals surface area contributed by atoms with Crippen LogP contribution < -0.4 is 10.6 Å². The van der Waals surface area contributed by atoms with Crippen molar-refractivity contribution >= 4 is 35.8 Å². The minimum absolute atomic E-state index is 0. The van der Waals surface area contributed by atoms with Crippen LogP contribution in [0.15, 0.2) is 27.8 Å². The van der Waals surface area contributed by atoms with E-state index in [1.807, 2.05) is 4.90 Å². The van der Waals surface area contributed by atoms with Crippen LogP contribution in [0, 0.1) is 0 Å². The third kappa shape index (κ3) is 7.20. The summed E-state index contributed by atoms with van der Waals surface area (Å²) in [7, 11) is 1.58. The minimum atomic E-state index is -4.23. The first-order valence-electron chi connectivity index (χ1n) is 8.36. The minimum Gasteiger partial charge on any atom is -0.467 e. The van der Waals surface area contributed by atoms with Gasteiger partial charge >= 0.3 is 6.18 Å². The molecule has 1 fully saturated rings. The topological polar surface area (TPSA) is 73.1 Å². The molecular formula is C16H25F3IN5O2. The standard InChI is InChI=1S/C16H24F3N5O2.HI/c1-12(16(17,18)19)23-5-7-24(8-6-23)15(20-2)22-11-14(25)21-10-13-4-3-9-26-13;/h3-4,9,12H,5-8,10-11H2,1-2H3,(H,20,22)(H,21,25);1H. The summed E-state index contributed by atoms with van der Waals surface area (Å²) < 4.78 is 43.5. The largest absolute Gasteiger partial charge is 0.467 e. The zero-order chi connectivity index (χ0) is 19.2. The Kier molecular flexibility index (Phi) is 9.36. The molecule has 1 aliphatic heterocycles. The van der Waals surface area contributed by atoms with E-state index >= 15 is 0 Å². The Morgan fingerprint density at radius 2 is 1.96 bits per heavy atom. The SMILES string of the molecule is CN=C(NCC(=O)NCc1ccco1)N1CCN(C(C)C(F)(F)F)CC1.I. The Morgan fingerprint density at radius 3 is 2.48 bits per heavy atom. The van der Waals surface area contributed by atoms with Gasteiger partial charge in [0.1, 0.15) is 11.8 Å². The number of piperazine rings is 1. The van der Waals surface area contributed by atoms with Gasteiger partial charge in [-0.1, -0.05) is 0 Å². The number of rotatable bonds is 5. The molecule has 1 unspecified atom stereocenters. The molecule has 1 amide bonds. The molecular weight excluding hydrogens is 478 g/mol. The molecule has 7 nitrogen and oxygen atoms in total. The maximum absolute atomic E-state index is 12.8. The van der Waals surface area contributed by atoms with E-state index in [2.05, 4.69) is 15.6 Å². The molecule has 0 bridgehead atoms. The molecule has 154 valence electrons. The number of alkyl halides is 3. The Morgan fingerprint density at radius 1 is 1.30 bits per heavy atom. The van der Waals surface area contributed by atoms with E-state index in [9.17, 15) is 18.0 Å². The zero-order valence-electron chi connectivity index (χ0n) is 15.3. The van der Waals surface area contributed by atoms with Crippen LogP contribution in [-0.4, -0.2) is 73.7 Å². The van der Waals surface area contributed by atoms with E-state index in [1.165, 1.54) is 18.1 Å². The summed E-state index contributed by atoms with van der Waals surface area (Å²) in [6.07, 6.45) is -2.70. The number of carbonyl (C=O) groups is 1. The molecule has 27 heavy (non-hydrogen) atoms. The lowest BCUT2D eigenvalue weighted by Gasteiger charge is -2.39. The number of nitrogens with one attached hydrogen (secondary N) is 2. The highest BCUT2D eigenvalue weighted by Gasteiger charge is 2.41. The molecule has 0 saturated carbocycles. The van der Waals surface area contributed by atoms with Gasteiger partial charge in [-0.2, -0.15) is 13.2 Å². The van der Waals surface area contributed by atoms with Crippen LogP contribution in [0.1, 0.15) is 12.7 Å². The number of aliphatic imine (C=N–C) groups is 1. The van der Waals surface area contributed by atoms with Gasteiger partial charge in [0, 0.05) is 33.2 Å². The van der Waals surface area contributed by atoms with Crippen LogP contribution in [0.4, 0.5) is 13.2 Å². The Balaban J connectivity index is 0.00000364. The first kappa shape index (κ1) is 23.5. The highest BCUT2D eigenvalue weighted by atomic mass is 127. The predicted octanol–water partition coefficient (Wildman–Crippen LogP) is 1.66. The van der Waals surface area contributed by atoms with Crippen molar-refractivity contribution in [3.63, 3.8) is 0 Å². The molecule has 2 heterocycles. The van der Waals surface area contributed by atoms with E-state index in [-0.39, 0.29) is 49.5 Å². The van der Waals surface area contributed by atoms with E-state index in [1.54, 1.807) is 19.2 Å². The quantitative estimate of drug-likeness (QED) is 0.364. The number of carbonyl (C=O) groups excluding carboxylic acids is 1. The molecule has 0 aliphatic carbocycles. The van der Waals surface area contributed by atoms with Crippen LogP contribution in [0.25, 0.3) is 0 Å². The third-order valence-corrected chi connectivity index (χ3v) is 4.29. The molecule has 1 saturated heterocycles. The highest BCUT2D eigenvalue weighted by molar-refractivity contribution is 14.0. The van der Waals surface area contributed by atoms with Crippen molar-refractivity contribution in [1.82, 2.24) is 20.4 Å². The van der Waals surface area contributed by atoms with Gasteiger partial charge in [-0.3, -0.25) is 14.7 Å². The Labute approximate surface area is 173 Å². The first-order chi connectivity index (χ1) is 12.3. The van der Waals surface area contributed by atoms with Gasteiger partial charge in [0.05, 0.1) is 19.4 Å². The average Bonchev–Trinajstić information content (AvgIpc) is 3.13. The first-order valence-corrected chi connectivity index (χ1v) is 8.36. The monoisotopic (exact) mass is 503 g/mol. The summed E-state index contributed by atoms with van der Waals surface area (Å²) in [4.78, 5) is 19.2. The van der Waals surface area contributed by atoms with E-state index in [4.69, 9.17) is 4.42 Å². The molecule has 0 radical (unpaired) electrons. The summed E-state index contributed by atoms with van der Waals surface area (Å²) in [5.74, 6) is 0.918. The van der Waals surface area contributed by atoms with Crippen molar-refractivity contribution in [2.45, 2.75) is 25.7 Å². The second-order valence-corrected chi connectivity index (χ2v) is 6.00. The maximum atomic E-state index is 12.8. The summed E-state index contributed by atoms with van der Waals surface area (Å²) in [5.41, 5.74) is 0. The van der Waals surface area contributed by atoms with Crippen LogP contribution in [0.3, 0.4) is 0 Å². The lowest BCUT2D eigenvalue weighted by Crippen LogP contribution is -2.57. The number of nitrogens with zero attached hydrogens (tertiary/aromatic N) is 3. The maximum Gasteiger partial charge on any atom is 0.403 e. The second kappa shape index (κ2) is 10.7. The Hall–Kier alpha value is -1.50. The number of hydrogen-bond donors (Lipinski definition) is 2. The number of furan rings is 1. The van der Waals surface area contributed by atoms with Crippen molar-refractivity contribution in [3.8, 4) is 0 Å². The number of hydrogen-bond acceptors (Lipinski definition) is 4. The number of amides is 1. The smallest absolute Gasteiger partial charge is 0.403 e. The third-order valence-electron chi connectivity index (χ3n) is 4.29. The van der Waals surface area contributed by atoms with Gasteiger partial charge in [0.2, 0.25) is 5.91 Å². The highest BCUT2D eigenvalue weighted by Crippen LogP contribution is 2.25. The van der Waals surface area contributed by atoms with Crippen LogP contribution in [0.5, 0.6) is 0 Å². The molecule has 2 N–H and O–H groups in total. The molecule has 0 aromatic carbocycles. The second-order valence-electron chi connectivity index (χ2n) is 6.00. The van der Waals surface area contributed by atoms with Crippen LogP contribution in [-0.2, 0) is 11.3 Å². The van der Waals surface area contributed by atoms with Crippen molar-refractivity contribution in [2.75, 3.05) is 39.8 Å². The van der Waals surface area contributed by atoms with Crippen LogP contribution in [0.2, 0.25) is 0 Å². The fraction of sp³-hybridized carbons (Fsp3) is 0.625. The fourth-order valence-corrected chi connectivity index (χ4v) is 2.68. The van der Waals surface area contributed by atoms with Gasteiger partial charge in [-0.25, -0.2) is 0 Å². The predicted molar refractivity (Wildman–Crippen MR) is 106 cm³/mol. The summed E-state index contributed by atoms with van der Waals surface area (Å²) in [6.45, 7) is 2.87. The summed E-state index contributed by atoms with van der Waals surface area (Å²) in [6, 6.07) is 2.03. The summed E-state index contributed by atoms with van der Waals surface area (Å²) in [5, 5.41) is 5.64. The number of halogens is 4. The summed E-state index contributed by atoms with van der Waals surface area (Å²) >= 11 is 0. The number of guanidine groups is 1. The molecule has 1 aromatic heterocycles. The molecule has 1 aliphatic rings. The lowest BCUT2D eigenvalue weighted by atomic mass is 10.2. The lowest BCUT2D eigenvalue weighted by molar-refractivity contribution is -0.181. The van der Waals surface area contributed by atoms with Gasteiger partial charge in [-0.15, -0.1) is 24.0 Å². The normalized spacial score (nSPS) is 17.2. The Bertz CT molecular complexity index is 602. The molecule has 0 spiro atoms. The van der Waals surface area contributed by atoms with Gasteiger partial charge < -0.3 is 20.0 Å². The molecule has 11 heteroatoms. The van der Waals surface area contributed by atoms with Crippen LogP contribution >= 0.6 is 24.0 Å². The van der Waals surface area contributed by atoms with E-state index in [0.717, 1.165) is 0 Å². The zero-order valence-corrected chi connectivity index (χ0v) is 17.6.